The zero-order chi connectivity index (χ0) is 13.3. The van der Waals surface area contributed by atoms with Gasteiger partial charge in [-0.25, -0.2) is 0 Å². The van der Waals surface area contributed by atoms with E-state index in [0.717, 1.165) is 6.54 Å². The molecular weight excluding hydrogens is 222 g/mol. The summed E-state index contributed by atoms with van der Waals surface area (Å²) in [6.45, 7) is 5.98. The standard InChI is InChI=1S/C15H23N3/c1-11(2)18-10-13(9-17(3)4)14-7-5-6-12(8-16)15(14)18/h5-7,10-11H,8-9,16H2,1-4H3. The van der Waals surface area contributed by atoms with Crippen LogP contribution in [0.1, 0.15) is 31.0 Å². The van der Waals surface area contributed by atoms with Gasteiger partial charge in [-0.15, -0.1) is 0 Å². The fourth-order valence-electron chi connectivity index (χ4n) is 2.50. The minimum atomic E-state index is 0.455. The molecule has 1 heterocycles. The summed E-state index contributed by atoms with van der Waals surface area (Å²) in [6, 6.07) is 6.89. The van der Waals surface area contributed by atoms with Gasteiger partial charge in [-0.1, -0.05) is 18.2 Å². The SMILES string of the molecule is CC(C)n1cc(CN(C)C)c2cccc(CN)c21. The average Bonchev–Trinajstić information content (AvgIpc) is 2.67. The molecule has 0 atom stereocenters. The fraction of sp³-hybridized carbons (Fsp3) is 0.467. The van der Waals surface area contributed by atoms with Crippen LogP contribution in [0.4, 0.5) is 0 Å². The number of rotatable bonds is 4. The van der Waals surface area contributed by atoms with Crippen molar-refractivity contribution in [1.82, 2.24) is 9.47 Å². The second-order valence-electron chi connectivity index (χ2n) is 5.41. The summed E-state index contributed by atoms with van der Waals surface area (Å²) in [5.41, 5.74) is 9.77. The minimum Gasteiger partial charge on any atom is -0.344 e. The van der Waals surface area contributed by atoms with Gasteiger partial charge >= 0.3 is 0 Å². The van der Waals surface area contributed by atoms with E-state index < -0.39 is 0 Å². The lowest BCUT2D eigenvalue weighted by Gasteiger charge is -2.11. The van der Waals surface area contributed by atoms with Gasteiger partial charge in [0.2, 0.25) is 0 Å². The lowest BCUT2D eigenvalue weighted by Crippen LogP contribution is -2.10. The molecule has 0 unspecified atom stereocenters. The first-order valence-electron chi connectivity index (χ1n) is 6.50. The number of benzene rings is 1. The van der Waals surface area contributed by atoms with E-state index in [9.17, 15) is 0 Å². The van der Waals surface area contributed by atoms with Crippen molar-refractivity contribution in [3.8, 4) is 0 Å². The number of para-hydroxylation sites is 1. The van der Waals surface area contributed by atoms with Gasteiger partial charge in [-0.3, -0.25) is 0 Å². The highest BCUT2D eigenvalue weighted by atomic mass is 15.1. The first-order chi connectivity index (χ1) is 8.54. The number of aromatic nitrogens is 1. The third-order valence-corrected chi connectivity index (χ3v) is 3.28. The second kappa shape index (κ2) is 5.12. The molecule has 3 nitrogen and oxygen atoms in total. The maximum Gasteiger partial charge on any atom is 0.0531 e. The summed E-state index contributed by atoms with van der Waals surface area (Å²) in [4.78, 5) is 2.20. The van der Waals surface area contributed by atoms with Crippen molar-refractivity contribution in [2.24, 2.45) is 5.73 Å². The highest BCUT2D eigenvalue weighted by Crippen LogP contribution is 2.28. The van der Waals surface area contributed by atoms with Crippen molar-refractivity contribution in [2.45, 2.75) is 33.0 Å². The monoisotopic (exact) mass is 245 g/mol. The Hall–Kier alpha value is -1.32. The van der Waals surface area contributed by atoms with Crippen LogP contribution in [0.25, 0.3) is 10.9 Å². The van der Waals surface area contributed by atoms with Crippen LogP contribution in [0.3, 0.4) is 0 Å². The van der Waals surface area contributed by atoms with Crippen LogP contribution in [-0.4, -0.2) is 23.6 Å². The molecule has 0 radical (unpaired) electrons. The number of hydrogen-bond acceptors (Lipinski definition) is 2. The summed E-state index contributed by atoms with van der Waals surface area (Å²) in [5.74, 6) is 0. The quantitative estimate of drug-likeness (QED) is 0.898. The number of nitrogens with zero attached hydrogens (tertiary/aromatic N) is 2. The maximum atomic E-state index is 5.87. The highest BCUT2D eigenvalue weighted by molar-refractivity contribution is 5.87. The van der Waals surface area contributed by atoms with Crippen molar-refractivity contribution in [3.63, 3.8) is 0 Å². The van der Waals surface area contributed by atoms with Crippen molar-refractivity contribution in [1.29, 1.82) is 0 Å². The maximum absolute atomic E-state index is 5.87. The molecule has 0 aliphatic heterocycles. The van der Waals surface area contributed by atoms with Crippen LogP contribution in [-0.2, 0) is 13.1 Å². The van der Waals surface area contributed by atoms with Crippen LogP contribution in [0.2, 0.25) is 0 Å². The van der Waals surface area contributed by atoms with Crippen molar-refractivity contribution in [3.05, 3.63) is 35.5 Å². The summed E-state index contributed by atoms with van der Waals surface area (Å²) in [5, 5.41) is 1.33. The molecule has 0 saturated carbocycles. The molecule has 3 heteroatoms. The molecule has 2 aromatic rings. The van der Waals surface area contributed by atoms with Gasteiger partial charge in [-0.2, -0.15) is 0 Å². The summed E-state index contributed by atoms with van der Waals surface area (Å²) in [6.07, 6.45) is 2.27. The van der Waals surface area contributed by atoms with E-state index in [1.807, 2.05) is 0 Å². The smallest absolute Gasteiger partial charge is 0.0531 e. The Kier molecular flexibility index (Phi) is 3.73. The largest absolute Gasteiger partial charge is 0.344 e. The zero-order valence-corrected chi connectivity index (χ0v) is 11.8. The molecule has 1 aromatic heterocycles. The topological polar surface area (TPSA) is 34.2 Å². The van der Waals surface area contributed by atoms with Crippen LogP contribution < -0.4 is 5.73 Å². The van der Waals surface area contributed by atoms with E-state index in [1.54, 1.807) is 0 Å². The van der Waals surface area contributed by atoms with Crippen molar-refractivity contribution < 1.29 is 0 Å². The molecule has 18 heavy (non-hydrogen) atoms. The second-order valence-corrected chi connectivity index (χ2v) is 5.41. The molecular formula is C15H23N3. The number of nitrogens with two attached hydrogens (primary N) is 1. The van der Waals surface area contributed by atoms with Crippen molar-refractivity contribution in [2.75, 3.05) is 14.1 Å². The van der Waals surface area contributed by atoms with E-state index >= 15 is 0 Å². The number of hydrogen-bond donors (Lipinski definition) is 1. The Morgan fingerprint density at radius 2 is 1.94 bits per heavy atom. The van der Waals surface area contributed by atoms with Crippen LogP contribution in [0.5, 0.6) is 0 Å². The summed E-state index contributed by atoms with van der Waals surface area (Å²) in [7, 11) is 4.21. The van der Waals surface area contributed by atoms with Gasteiger partial charge in [0.1, 0.15) is 0 Å². The van der Waals surface area contributed by atoms with E-state index in [2.05, 4.69) is 61.8 Å². The van der Waals surface area contributed by atoms with E-state index in [1.165, 1.54) is 22.0 Å². The van der Waals surface area contributed by atoms with Gasteiger partial charge < -0.3 is 15.2 Å². The van der Waals surface area contributed by atoms with E-state index in [4.69, 9.17) is 5.73 Å². The third kappa shape index (κ3) is 2.28. The first kappa shape index (κ1) is 13.1. The van der Waals surface area contributed by atoms with Crippen LogP contribution in [0.15, 0.2) is 24.4 Å². The molecule has 0 aliphatic carbocycles. The van der Waals surface area contributed by atoms with Crippen molar-refractivity contribution >= 4 is 10.9 Å². The third-order valence-electron chi connectivity index (χ3n) is 3.28. The van der Waals surface area contributed by atoms with Gasteiger partial charge in [0.05, 0.1) is 5.52 Å². The Morgan fingerprint density at radius 1 is 1.22 bits per heavy atom. The molecule has 98 valence electrons. The molecule has 0 fully saturated rings. The van der Waals surface area contributed by atoms with Crippen LogP contribution in [0, 0.1) is 0 Å². The Balaban J connectivity index is 2.68. The van der Waals surface area contributed by atoms with Crippen LogP contribution >= 0.6 is 0 Å². The predicted molar refractivity (Wildman–Crippen MR) is 77.6 cm³/mol. The Morgan fingerprint density at radius 3 is 2.50 bits per heavy atom. The molecule has 0 bridgehead atoms. The van der Waals surface area contributed by atoms with Gasteiger partial charge in [-0.05, 0) is 39.1 Å². The zero-order valence-electron chi connectivity index (χ0n) is 11.8. The van der Waals surface area contributed by atoms with E-state index in [0.29, 0.717) is 12.6 Å². The normalized spacial score (nSPS) is 11.9. The van der Waals surface area contributed by atoms with Gasteiger partial charge in [0, 0.05) is 30.7 Å². The Labute approximate surface area is 109 Å². The fourth-order valence-corrected chi connectivity index (χ4v) is 2.50. The molecule has 1 aromatic carbocycles. The molecule has 0 saturated heterocycles. The minimum absolute atomic E-state index is 0.455. The summed E-state index contributed by atoms with van der Waals surface area (Å²) < 4.78 is 2.34. The Bertz CT molecular complexity index is 538. The molecule has 0 aliphatic rings. The molecule has 2 rings (SSSR count). The van der Waals surface area contributed by atoms with Gasteiger partial charge in [0.25, 0.3) is 0 Å². The van der Waals surface area contributed by atoms with Gasteiger partial charge in [0.15, 0.2) is 0 Å². The molecule has 0 amide bonds. The molecule has 2 N–H and O–H groups in total. The van der Waals surface area contributed by atoms with E-state index in [-0.39, 0.29) is 0 Å². The lowest BCUT2D eigenvalue weighted by molar-refractivity contribution is 0.403. The summed E-state index contributed by atoms with van der Waals surface area (Å²) >= 11 is 0. The average molecular weight is 245 g/mol. The highest BCUT2D eigenvalue weighted by Gasteiger charge is 2.13. The first-order valence-corrected chi connectivity index (χ1v) is 6.50. The molecule has 0 spiro atoms. The number of fused-ring (bicyclic) bond motifs is 1. The lowest BCUT2D eigenvalue weighted by atomic mass is 10.1. The predicted octanol–water partition coefficient (Wildman–Crippen LogP) is 2.74.